The van der Waals surface area contributed by atoms with Gasteiger partial charge in [0.1, 0.15) is 6.54 Å². The minimum Gasteiger partial charge on any atom is -0.325 e. The molecule has 10 heteroatoms. The van der Waals surface area contributed by atoms with E-state index in [2.05, 4.69) is 10.0 Å². The molecule has 0 heterocycles. The molecule has 0 aliphatic rings. The van der Waals surface area contributed by atoms with Crippen molar-refractivity contribution in [2.24, 2.45) is 0 Å². The minimum absolute atomic E-state index is 0.0336. The van der Waals surface area contributed by atoms with Crippen LogP contribution in [0.15, 0.2) is 65.6 Å². The van der Waals surface area contributed by atoms with Crippen molar-refractivity contribution in [2.45, 2.75) is 32.6 Å². The molecule has 3 rings (SSSR count). The summed E-state index contributed by atoms with van der Waals surface area (Å²) < 4.78 is 54.2. The van der Waals surface area contributed by atoms with E-state index < -0.39 is 32.5 Å². The third-order valence-electron chi connectivity index (χ3n) is 5.49. The summed E-state index contributed by atoms with van der Waals surface area (Å²) in [5.41, 5.74) is 4.49. The molecule has 2 N–H and O–H groups in total. The summed E-state index contributed by atoms with van der Waals surface area (Å²) in [6, 6.07) is 16.5. The van der Waals surface area contributed by atoms with Gasteiger partial charge in [-0.2, -0.15) is 0 Å². The molecule has 0 aliphatic carbocycles. The van der Waals surface area contributed by atoms with Crippen molar-refractivity contribution in [2.75, 3.05) is 27.1 Å². The summed E-state index contributed by atoms with van der Waals surface area (Å²) in [6.45, 7) is 6.84. The normalized spacial score (nSPS) is 11.7. The van der Waals surface area contributed by atoms with E-state index in [1.54, 1.807) is 19.1 Å². The lowest BCUT2D eigenvalue weighted by molar-refractivity contribution is -0.114. The molecule has 0 saturated heterocycles. The molecule has 3 aromatic carbocycles. The average Bonchev–Trinajstić information content (AvgIpc) is 2.76. The first-order valence-electron chi connectivity index (χ1n) is 10.8. The van der Waals surface area contributed by atoms with Gasteiger partial charge in [-0.15, -0.1) is 0 Å². The summed E-state index contributed by atoms with van der Waals surface area (Å²) in [4.78, 5) is 12.7. The van der Waals surface area contributed by atoms with Crippen molar-refractivity contribution in [3.8, 4) is 0 Å². The van der Waals surface area contributed by atoms with Crippen LogP contribution in [0.25, 0.3) is 0 Å². The second kappa shape index (κ2) is 10.1. The van der Waals surface area contributed by atoms with Gasteiger partial charge in [-0.1, -0.05) is 30.3 Å². The van der Waals surface area contributed by atoms with Gasteiger partial charge in [0.15, 0.2) is 0 Å². The van der Waals surface area contributed by atoms with E-state index in [1.165, 1.54) is 24.3 Å². The lowest BCUT2D eigenvalue weighted by atomic mass is 10.1. The predicted molar refractivity (Wildman–Crippen MR) is 140 cm³/mol. The van der Waals surface area contributed by atoms with Crippen LogP contribution in [-0.2, 0) is 24.8 Å². The van der Waals surface area contributed by atoms with E-state index >= 15 is 0 Å². The monoisotopic (exact) mass is 515 g/mol. The number of hydrogen-bond acceptors (Lipinski definition) is 5. The third kappa shape index (κ3) is 6.40. The van der Waals surface area contributed by atoms with Crippen molar-refractivity contribution in [1.82, 2.24) is 0 Å². The Morgan fingerprint density at radius 2 is 1.43 bits per heavy atom. The predicted octanol–water partition coefficient (Wildman–Crippen LogP) is 4.13. The van der Waals surface area contributed by atoms with Crippen LogP contribution in [-0.4, -0.2) is 35.5 Å². The first-order chi connectivity index (χ1) is 16.3. The smallest absolute Gasteiger partial charge is 0.261 e. The van der Waals surface area contributed by atoms with Crippen molar-refractivity contribution in [3.05, 3.63) is 82.9 Å². The largest absolute Gasteiger partial charge is 0.325 e. The summed E-state index contributed by atoms with van der Waals surface area (Å²) in [7, 11) is -7.56. The number of anilines is 3. The van der Waals surface area contributed by atoms with E-state index in [0.717, 1.165) is 32.8 Å². The quantitative estimate of drug-likeness (QED) is 0.469. The highest BCUT2D eigenvalue weighted by atomic mass is 32.2. The van der Waals surface area contributed by atoms with E-state index in [1.807, 2.05) is 45.0 Å². The highest BCUT2D eigenvalue weighted by molar-refractivity contribution is 7.92. The van der Waals surface area contributed by atoms with E-state index in [0.29, 0.717) is 17.1 Å². The molecule has 1 amide bonds. The molecule has 35 heavy (non-hydrogen) atoms. The Hall–Kier alpha value is -3.37. The SMILES string of the molecule is Cc1ccc(C)c(N(CC(=O)Nc2ccc(S(=O)(=O)Nc3c(C)cccc3C)cc2)S(C)(=O)=O)c1. The number of aryl methyl sites for hydroxylation is 4. The van der Waals surface area contributed by atoms with Gasteiger partial charge in [0.05, 0.1) is 22.5 Å². The van der Waals surface area contributed by atoms with Gasteiger partial charge in [0.25, 0.3) is 10.0 Å². The maximum atomic E-state index is 12.8. The summed E-state index contributed by atoms with van der Waals surface area (Å²) in [5, 5.41) is 2.63. The zero-order valence-electron chi connectivity index (χ0n) is 20.3. The number of nitrogens with one attached hydrogen (secondary N) is 2. The molecule has 8 nitrogen and oxygen atoms in total. The number of carbonyl (C=O) groups is 1. The van der Waals surface area contributed by atoms with Gasteiger partial charge < -0.3 is 5.32 Å². The Labute approximate surface area is 207 Å². The fourth-order valence-electron chi connectivity index (χ4n) is 3.59. The molecule has 0 atom stereocenters. The molecule has 0 bridgehead atoms. The second-order valence-corrected chi connectivity index (χ2v) is 12.1. The molecular formula is C25H29N3O5S2. The van der Waals surface area contributed by atoms with Gasteiger partial charge in [0, 0.05) is 5.69 Å². The molecule has 0 aromatic heterocycles. The average molecular weight is 516 g/mol. The molecule has 0 saturated carbocycles. The zero-order chi connectivity index (χ0) is 26.0. The fourth-order valence-corrected chi connectivity index (χ4v) is 5.69. The Balaban J connectivity index is 1.76. The second-order valence-electron chi connectivity index (χ2n) is 8.50. The maximum Gasteiger partial charge on any atom is 0.261 e. The highest BCUT2D eigenvalue weighted by Crippen LogP contribution is 2.25. The Morgan fingerprint density at radius 3 is 2.00 bits per heavy atom. The third-order valence-corrected chi connectivity index (χ3v) is 7.98. The summed E-state index contributed by atoms with van der Waals surface area (Å²) in [5.74, 6) is -0.555. The maximum absolute atomic E-state index is 12.8. The molecular weight excluding hydrogens is 486 g/mol. The highest BCUT2D eigenvalue weighted by Gasteiger charge is 2.23. The van der Waals surface area contributed by atoms with E-state index in [9.17, 15) is 21.6 Å². The number of amides is 1. The first kappa shape index (κ1) is 26.2. The lowest BCUT2D eigenvalue weighted by Gasteiger charge is -2.24. The first-order valence-corrected chi connectivity index (χ1v) is 14.1. The number of para-hydroxylation sites is 1. The van der Waals surface area contributed by atoms with Crippen LogP contribution in [0.4, 0.5) is 17.1 Å². The van der Waals surface area contributed by atoms with Gasteiger partial charge in [-0.3, -0.25) is 13.8 Å². The lowest BCUT2D eigenvalue weighted by Crippen LogP contribution is -2.37. The molecule has 3 aromatic rings. The molecule has 186 valence electrons. The zero-order valence-corrected chi connectivity index (χ0v) is 21.9. The van der Waals surface area contributed by atoms with E-state index in [-0.39, 0.29) is 4.90 Å². The van der Waals surface area contributed by atoms with Gasteiger partial charge >= 0.3 is 0 Å². The minimum atomic E-state index is -3.84. The van der Waals surface area contributed by atoms with Gasteiger partial charge in [0.2, 0.25) is 15.9 Å². The van der Waals surface area contributed by atoms with Gasteiger partial charge in [-0.05, 0) is 80.3 Å². The Kier molecular flexibility index (Phi) is 7.56. The van der Waals surface area contributed by atoms with Crippen molar-refractivity contribution < 1.29 is 21.6 Å². The molecule has 0 spiro atoms. The van der Waals surface area contributed by atoms with Crippen LogP contribution >= 0.6 is 0 Å². The molecule has 0 aliphatic heterocycles. The summed E-state index contributed by atoms with van der Waals surface area (Å²) >= 11 is 0. The molecule has 0 radical (unpaired) electrons. The van der Waals surface area contributed by atoms with Crippen LogP contribution in [0.3, 0.4) is 0 Å². The van der Waals surface area contributed by atoms with E-state index in [4.69, 9.17) is 0 Å². The Morgan fingerprint density at radius 1 is 0.829 bits per heavy atom. The standard InChI is InChI=1S/C25H29N3O5S2/c1-17-9-10-18(2)23(15-17)28(34(5,30)31)16-24(29)26-21-11-13-22(14-12-21)35(32,33)27-25-19(3)7-6-8-20(25)4/h6-15,27H,16H2,1-5H3,(H,26,29). The summed E-state index contributed by atoms with van der Waals surface area (Å²) in [6.07, 6.45) is 1.05. The number of sulfonamides is 2. The van der Waals surface area contributed by atoms with Crippen LogP contribution < -0.4 is 14.3 Å². The van der Waals surface area contributed by atoms with Gasteiger partial charge in [-0.25, -0.2) is 16.8 Å². The van der Waals surface area contributed by atoms with Crippen LogP contribution in [0.2, 0.25) is 0 Å². The van der Waals surface area contributed by atoms with Crippen molar-refractivity contribution in [3.63, 3.8) is 0 Å². The van der Waals surface area contributed by atoms with Crippen LogP contribution in [0.1, 0.15) is 22.3 Å². The van der Waals surface area contributed by atoms with Crippen LogP contribution in [0, 0.1) is 27.7 Å². The van der Waals surface area contributed by atoms with Crippen molar-refractivity contribution in [1.29, 1.82) is 0 Å². The van der Waals surface area contributed by atoms with Crippen LogP contribution in [0.5, 0.6) is 0 Å². The molecule has 0 unspecified atom stereocenters. The fraction of sp³-hybridized carbons (Fsp3) is 0.240. The number of benzene rings is 3. The topological polar surface area (TPSA) is 113 Å². The number of hydrogen-bond donors (Lipinski definition) is 2. The number of nitrogens with zero attached hydrogens (tertiary/aromatic N) is 1. The Bertz CT molecular complexity index is 1450. The number of carbonyl (C=O) groups excluding carboxylic acids is 1. The van der Waals surface area contributed by atoms with Crippen molar-refractivity contribution >= 4 is 43.0 Å². The number of rotatable bonds is 8. The molecule has 0 fully saturated rings.